The summed E-state index contributed by atoms with van der Waals surface area (Å²) in [5.74, 6) is 1.73. The minimum Gasteiger partial charge on any atom is -0.382 e. The van der Waals surface area contributed by atoms with Gasteiger partial charge in [-0.05, 0) is 18.8 Å². The summed E-state index contributed by atoms with van der Waals surface area (Å²) in [6, 6.07) is 2.25. The van der Waals surface area contributed by atoms with Crippen LogP contribution in [-0.2, 0) is 11.8 Å². The van der Waals surface area contributed by atoms with Gasteiger partial charge in [0.15, 0.2) is 5.82 Å². The van der Waals surface area contributed by atoms with Crippen molar-refractivity contribution in [1.29, 1.82) is 0 Å². The average Bonchev–Trinajstić information content (AvgIpc) is 3.33. The first-order valence-corrected chi connectivity index (χ1v) is 10.8. The zero-order valence-corrected chi connectivity index (χ0v) is 17.6. The highest BCUT2D eigenvalue weighted by atomic mass is 16.5. The molecule has 1 saturated carbocycles. The number of aryl methyl sites for hydroxylation is 1. The number of aromatic amines is 1. The number of anilines is 2. The molecule has 0 amide bonds. The van der Waals surface area contributed by atoms with Crippen molar-refractivity contribution in [1.82, 2.24) is 24.5 Å². The van der Waals surface area contributed by atoms with E-state index in [-0.39, 0.29) is 17.4 Å². The number of fused-ring (bicyclic) bond motifs is 1. The number of nitrogens with one attached hydrogen (secondary N) is 1. The van der Waals surface area contributed by atoms with Crippen molar-refractivity contribution in [2.24, 2.45) is 13.0 Å². The van der Waals surface area contributed by atoms with Gasteiger partial charge in [-0.15, -0.1) is 0 Å². The van der Waals surface area contributed by atoms with Gasteiger partial charge in [0.2, 0.25) is 0 Å². The molecule has 3 N–H and O–H groups in total. The molecule has 2 aliphatic rings. The normalized spacial score (nSPS) is 22.7. The van der Waals surface area contributed by atoms with Crippen molar-refractivity contribution < 1.29 is 4.74 Å². The molecule has 0 spiro atoms. The van der Waals surface area contributed by atoms with E-state index in [1.165, 1.54) is 6.42 Å². The lowest BCUT2D eigenvalue weighted by Crippen LogP contribution is -2.37. The Labute approximate surface area is 174 Å². The number of hydrogen-bond acceptors (Lipinski definition) is 6. The third kappa shape index (κ3) is 3.08. The van der Waals surface area contributed by atoms with Crippen LogP contribution in [0.5, 0.6) is 0 Å². The summed E-state index contributed by atoms with van der Waals surface area (Å²) in [6.45, 7) is 5.34. The van der Waals surface area contributed by atoms with Crippen molar-refractivity contribution in [2.45, 2.75) is 38.6 Å². The van der Waals surface area contributed by atoms with Crippen LogP contribution in [0.3, 0.4) is 0 Å². The summed E-state index contributed by atoms with van der Waals surface area (Å²) < 4.78 is 9.26. The minimum atomic E-state index is -0.0666. The van der Waals surface area contributed by atoms with E-state index >= 15 is 0 Å². The third-order valence-corrected chi connectivity index (χ3v) is 6.67. The van der Waals surface area contributed by atoms with E-state index in [9.17, 15) is 4.79 Å². The summed E-state index contributed by atoms with van der Waals surface area (Å²) in [6.07, 6.45) is 6.46. The molecule has 9 heteroatoms. The number of rotatable bonds is 3. The smallest absolute Gasteiger partial charge is 0.264 e. The molecule has 2 atom stereocenters. The topological polar surface area (TPSA) is 107 Å². The number of ether oxygens (including phenoxy) is 1. The molecule has 0 aromatic carbocycles. The molecule has 9 nitrogen and oxygen atoms in total. The van der Waals surface area contributed by atoms with Gasteiger partial charge in [0, 0.05) is 44.0 Å². The fourth-order valence-corrected chi connectivity index (χ4v) is 4.99. The molecule has 30 heavy (non-hydrogen) atoms. The first-order chi connectivity index (χ1) is 14.5. The van der Waals surface area contributed by atoms with Crippen LogP contribution in [-0.4, -0.2) is 50.8 Å². The maximum absolute atomic E-state index is 13.3. The van der Waals surface area contributed by atoms with E-state index < -0.39 is 0 Å². The van der Waals surface area contributed by atoms with Gasteiger partial charge in [-0.2, -0.15) is 10.2 Å². The van der Waals surface area contributed by atoms with Crippen LogP contribution in [0.2, 0.25) is 0 Å². The van der Waals surface area contributed by atoms with Crippen molar-refractivity contribution in [3.63, 3.8) is 0 Å². The van der Waals surface area contributed by atoms with E-state index in [0.29, 0.717) is 30.0 Å². The quantitative estimate of drug-likeness (QED) is 0.685. The molecule has 0 radical (unpaired) electrons. The van der Waals surface area contributed by atoms with E-state index in [2.05, 4.69) is 28.1 Å². The standard InChI is InChI=1S/C21H29N7O2/c1-13-5-3-4-6-16(13)28-12-14(19-18(21(28)29)20(22)24-23-19)15-11-17(26(2)25-15)27-7-9-30-10-8-27/h11-13,16H,3-10H2,1-2H3,(H3,22,23,24). The monoisotopic (exact) mass is 411 g/mol. The van der Waals surface area contributed by atoms with Crippen LogP contribution < -0.4 is 16.2 Å². The highest BCUT2D eigenvalue weighted by molar-refractivity contribution is 5.97. The van der Waals surface area contributed by atoms with Crippen LogP contribution in [0.15, 0.2) is 17.1 Å². The molecule has 0 bridgehead atoms. The predicted octanol–water partition coefficient (Wildman–Crippen LogP) is 2.30. The fraction of sp³-hybridized carbons (Fsp3) is 0.571. The molecule has 4 heterocycles. The first kappa shape index (κ1) is 19.2. The molecule has 2 fully saturated rings. The Morgan fingerprint density at radius 3 is 2.77 bits per heavy atom. The highest BCUT2D eigenvalue weighted by Gasteiger charge is 2.27. The molecular weight excluding hydrogens is 382 g/mol. The van der Waals surface area contributed by atoms with Crippen LogP contribution in [0.4, 0.5) is 11.6 Å². The summed E-state index contributed by atoms with van der Waals surface area (Å²) in [4.78, 5) is 15.6. The number of aromatic nitrogens is 5. The summed E-state index contributed by atoms with van der Waals surface area (Å²) in [5, 5.41) is 12.4. The molecule has 1 aliphatic carbocycles. The molecule has 1 aliphatic heterocycles. The van der Waals surface area contributed by atoms with E-state index in [4.69, 9.17) is 15.6 Å². The van der Waals surface area contributed by atoms with E-state index in [0.717, 1.165) is 49.4 Å². The molecule has 3 aromatic heterocycles. The molecule has 5 rings (SSSR count). The number of morpholine rings is 1. The first-order valence-electron chi connectivity index (χ1n) is 10.8. The lowest BCUT2D eigenvalue weighted by molar-refractivity contribution is 0.122. The summed E-state index contributed by atoms with van der Waals surface area (Å²) >= 11 is 0. The zero-order valence-electron chi connectivity index (χ0n) is 17.6. The van der Waals surface area contributed by atoms with Crippen molar-refractivity contribution >= 4 is 22.5 Å². The zero-order chi connectivity index (χ0) is 20.8. The second-order valence-electron chi connectivity index (χ2n) is 8.55. The summed E-state index contributed by atoms with van der Waals surface area (Å²) in [5.41, 5.74) is 8.37. The Morgan fingerprint density at radius 1 is 1.23 bits per heavy atom. The minimum absolute atomic E-state index is 0.0666. The van der Waals surface area contributed by atoms with Crippen LogP contribution in [0.25, 0.3) is 22.2 Å². The lowest BCUT2D eigenvalue weighted by atomic mass is 9.85. The maximum atomic E-state index is 13.3. The van der Waals surface area contributed by atoms with Gasteiger partial charge in [0.1, 0.15) is 11.2 Å². The predicted molar refractivity (Wildman–Crippen MR) is 117 cm³/mol. The Hall–Kier alpha value is -2.81. The highest BCUT2D eigenvalue weighted by Crippen LogP contribution is 2.36. The number of pyridine rings is 1. The van der Waals surface area contributed by atoms with Gasteiger partial charge in [-0.1, -0.05) is 19.8 Å². The van der Waals surface area contributed by atoms with Crippen LogP contribution >= 0.6 is 0 Å². The largest absolute Gasteiger partial charge is 0.382 e. The Morgan fingerprint density at radius 2 is 2.00 bits per heavy atom. The van der Waals surface area contributed by atoms with Gasteiger partial charge in [-0.3, -0.25) is 14.6 Å². The summed E-state index contributed by atoms with van der Waals surface area (Å²) in [7, 11) is 1.95. The number of hydrogen-bond donors (Lipinski definition) is 2. The van der Waals surface area contributed by atoms with Gasteiger partial charge < -0.3 is 19.9 Å². The van der Waals surface area contributed by atoms with E-state index in [1.807, 2.05) is 22.5 Å². The van der Waals surface area contributed by atoms with Gasteiger partial charge >= 0.3 is 0 Å². The number of nitrogen functional groups attached to an aromatic ring is 1. The fourth-order valence-electron chi connectivity index (χ4n) is 4.99. The second-order valence-corrected chi connectivity index (χ2v) is 8.55. The number of nitrogens with zero attached hydrogens (tertiary/aromatic N) is 5. The molecule has 1 saturated heterocycles. The van der Waals surface area contributed by atoms with Gasteiger partial charge in [0.05, 0.1) is 24.4 Å². The Kier molecular flexibility index (Phi) is 4.77. The van der Waals surface area contributed by atoms with Crippen molar-refractivity contribution in [3.8, 4) is 11.3 Å². The van der Waals surface area contributed by atoms with Crippen molar-refractivity contribution in [2.75, 3.05) is 36.9 Å². The van der Waals surface area contributed by atoms with Crippen LogP contribution in [0, 0.1) is 5.92 Å². The Balaban J connectivity index is 1.66. The van der Waals surface area contributed by atoms with Gasteiger partial charge in [0.25, 0.3) is 5.56 Å². The van der Waals surface area contributed by atoms with Gasteiger partial charge in [-0.25, -0.2) is 0 Å². The van der Waals surface area contributed by atoms with Crippen molar-refractivity contribution in [3.05, 3.63) is 22.6 Å². The maximum Gasteiger partial charge on any atom is 0.264 e. The molecule has 3 aromatic rings. The van der Waals surface area contributed by atoms with E-state index in [1.54, 1.807) is 0 Å². The molecule has 2 unspecified atom stereocenters. The molecular formula is C21H29N7O2. The number of H-pyrrole nitrogens is 1. The Bertz CT molecular complexity index is 1120. The molecule has 160 valence electrons. The SMILES string of the molecule is CC1CCCCC1n1cc(-c2cc(N3CCOCC3)n(C)n2)c2[nH]nc(N)c2c1=O. The number of nitrogens with two attached hydrogens (primary N) is 1. The van der Waals surface area contributed by atoms with Crippen LogP contribution in [0.1, 0.15) is 38.6 Å². The third-order valence-electron chi connectivity index (χ3n) is 6.67. The average molecular weight is 412 g/mol. The lowest BCUT2D eigenvalue weighted by Gasteiger charge is -2.30. The second kappa shape index (κ2) is 7.46.